The summed E-state index contributed by atoms with van der Waals surface area (Å²) in [5.41, 5.74) is 0.800. The molecule has 7 nitrogen and oxygen atoms in total. The van der Waals surface area contributed by atoms with Gasteiger partial charge >= 0.3 is 5.97 Å². The van der Waals surface area contributed by atoms with E-state index in [0.717, 1.165) is 0 Å². The average molecular weight is 257 g/mol. The summed E-state index contributed by atoms with van der Waals surface area (Å²) in [6.45, 7) is 2.62. The minimum atomic E-state index is -0.529. The van der Waals surface area contributed by atoms with Crippen LogP contribution in [0.15, 0.2) is 0 Å². The second-order valence-corrected chi connectivity index (χ2v) is 3.86. The fraction of sp³-hybridized carbons (Fsp3) is 0.727. The summed E-state index contributed by atoms with van der Waals surface area (Å²) in [5.74, 6) is -0.529. The molecular weight excluding hydrogens is 238 g/mol. The van der Waals surface area contributed by atoms with Gasteiger partial charge in [0, 0.05) is 13.5 Å². The van der Waals surface area contributed by atoms with Gasteiger partial charge in [0.25, 0.3) is 0 Å². The maximum absolute atomic E-state index is 11.5. The van der Waals surface area contributed by atoms with E-state index in [4.69, 9.17) is 4.74 Å². The first-order valence-corrected chi connectivity index (χ1v) is 5.81. The van der Waals surface area contributed by atoms with E-state index in [0.29, 0.717) is 31.7 Å². The molecule has 0 bridgehead atoms. The van der Waals surface area contributed by atoms with Crippen molar-refractivity contribution in [1.82, 2.24) is 15.0 Å². The third-order valence-electron chi connectivity index (χ3n) is 2.61. The molecule has 1 aromatic rings. The summed E-state index contributed by atoms with van der Waals surface area (Å²) in [5, 5.41) is 17.3. The topological polar surface area (TPSA) is 86.5 Å². The van der Waals surface area contributed by atoms with Crippen molar-refractivity contribution in [1.29, 1.82) is 0 Å². The summed E-state index contributed by atoms with van der Waals surface area (Å²) in [6.07, 6.45) is 0.583. The van der Waals surface area contributed by atoms with Crippen LogP contribution in [0.2, 0.25) is 0 Å². The first kappa shape index (κ1) is 14.6. The molecule has 0 amide bonds. The lowest BCUT2D eigenvalue weighted by Gasteiger charge is -2.10. The lowest BCUT2D eigenvalue weighted by Crippen LogP contribution is -2.19. The van der Waals surface area contributed by atoms with Crippen molar-refractivity contribution in [3.05, 3.63) is 11.4 Å². The summed E-state index contributed by atoms with van der Waals surface area (Å²) < 4.78 is 11.2. The molecule has 1 N–H and O–H groups in total. The van der Waals surface area contributed by atoms with Crippen molar-refractivity contribution < 1.29 is 19.4 Å². The zero-order valence-corrected chi connectivity index (χ0v) is 10.9. The van der Waals surface area contributed by atoms with Crippen molar-refractivity contribution in [2.24, 2.45) is 0 Å². The molecule has 102 valence electrons. The van der Waals surface area contributed by atoms with Crippen LogP contribution in [-0.4, -0.2) is 53.0 Å². The molecule has 1 heterocycles. The molecule has 0 saturated carbocycles. The molecule has 0 fully saturated rings. The number of rotatable bonds is 7. The van der Waals surface area contributed by atoms with Crippen molar-refractivity contribution in [2.75, 3.05) is 20.8 Å². The van der Waals surface area contributed by atoms with Crippen molar-refractivity contribution in [2.45, 2.75) is 32.4 Å². The number of ether oxygens (including phenoxy) is 2. The van der Waals surface area contributed by atoms with E-state index in [1.807, 2.05) is 6.92 Å². The molecule has 0 aromatic carbocycles. The molecule has 0 radical (unpaired) electrons. The zero-order chi connectivity index (χ0) is 13.5. The van der Waals surface area contributed by atoms with E-state index in [1.54, 1.807) is 7.11 Å². The van der Waals surface area contributed by atoms with Crippen LogP contribution >= 0.6 is 0 Å². The first-order valence-electron chi connectivity index (χ1n) is 5.81. The Bertz CT molecular complexity index is 392. The number of hydrogen-bond acceptors (Lipinski definition) is 6. The second-order valence-electron chi connectivity index (χ2n) is 3.86. The van der Waals surface area contributed by atoms with Gasteiger partial charge in [-0.2, -0.15) is 0 Å². The van der Waals surface area contributed by atoms with Crippen LogP contribution in [0.4, 0.5) is 0 Å². The highest BCUT2D eigenvalue weighted by Gasteiger charge is 2.20. The molecule has 1 unspecified atom stereocenters. The average Bonchev–Trinajstić information content (AvgIpc) is 2.78. The molecular formula is C11H19N3O4. The van der Waals surface area contributed by atoms with Crippen LogP contribution in [0.25, 0.3) is 0 Å². The molecule has 1 aromatic heterocycles. The zero-order valence-electron chi connectivity index (χ0n) is 10.9. The minimum Gasteiger partial charge on any atom is -0.464 e. The van der Waals surface area contributed by atoms with E-state index in [2.05, 4.69) is 15.0 Å². The molecule has 1 atom stereocenters. The van der Waals surface area contributed by atoms with Gasteiger partial charge in [-0.25, -0.2) is 9.48 Å². The predicted molar refractivity (Wildman–Crippen MR) is 63.2 cm³/mol. The number of carbonyl (C=O) groups excluding carboxylic acids is 1. The van der Waals surface area contributed by atoms with Gasteiger partial charge in [-0.1, -0.05) is 12.1 Å². The third-order valence-corrected chi connectivity index (χ3v) is 2.61. The van der Waals surface area contributed by atoms with Crippen LogP contribution in [0.1, 0.15) is 29.5 Å². The van der Waals surface area contributed by atoms with Gasteiger partial charge in [0.05, 0.1) is 32.1 Å². The number of carbonyl (C=O) groups is 1. The summed E-state index contributed by atoms with van der Waals surface area (Å²) in [4.78, 5) is 11.5. The number of methoxy groups -OCH3 is 2. The Balaban J connectivity index is 2.95. The van der Waals surface area contributed by atoms with Gasteiger partial charge in [-0.15, -0.1) is 5.10 Å². The van der Waals surface area contributed by atoms with Gasteiger partial charge in [-0.05, 0) is 6.42 Å². The monoisotopic (exact) mass is 257 g/mol. The van der Waals surface area contributed by atoms with Crippen molar-refractivity contribution >= 4 is 5.97 Å². The van der Waals surface area contributed by atoms with E-state index in [-0.39, 0.29) is 5.69 Å². The summed E-state index contributed by atoms with van der Waals surface area (Å²) >= 11 is 0. The fourth-order valence-corrected chi connectivity index (χ4v) is 1.51. The number of hydrogen-bond donors (Lipinski definition) is 1. The quantitative estimate of drug-likeness (QED) is 0.693. The molecule has 0 saturated heterocycles. The van der Waals surface area contributed by atoms with E-state index in [9.17, 15) is 9.90 Å². The van der Waals surface area contributed by atoms with Crippen LogP contribution < -0.4 is 0 Å². The highest BCUT2D eigenvalue weighted by atomic mass is 16.5. The van der Waals surface area contributed by atoms with E-state index < -0.39 is 12.1 Å². The Morgan fingerprint density at radius 3 is 2.78 bits per heavy atom. The largest absolute Gasteiger partial charge is 0.464 e. The highest BCUT2D eigenvalue weighted by molar-refractivity contribution is 5.88. The summed E-state index contributed by atoms with van der Waals surface area (Å²) in [6, 6.07) is 0. The van der Waals surface area contributed by atoms with Gasteiger partial charge in [-0.3, -0.25) is 0 Å². The number of esters is 1. The molecule has 7 heteroatoms. The maximum atomic E-state index is 11.5. The predicted octanol–water partition coefficient (Wildman–Crippen LogP) is 0.0245. The van der Waals surface area contributed by atoms with E-state index in [1.165, 1.54) is 11.8 Å². The van der Waals surface area contributed by atoms with Crippen molar-refractivity contribution in [3.63, 3.8) is 0 Å². The first-order chi connectivity index (χ1) is 8.63. The number of aliphatic hydroxyl groups is 1. The van der Waals surface area contributed by atoms with Crippen molar-refractivity contribution in [3.8, 4) is 0 Å². The van der Waals surface area contributed by atoms with Crippen LogP contribution in [0.3, 0.4) is 0 Å². The Hall–Kier alpha value is -1.47. The molecule has 0 aliphatic rings. The molecule has 0 aliphatic carbocycles. The molecule has 1 rings (SSSR count). The Kier molecular flexibility index (Phi) is 5.73. The molecule has 18 heavy (non-hydrogen) atoms. The normalized spacial score (nSPS) is 12.4. The Morgan fingerprint density at radius 1 is 1.50 bits per heavy atom. The standard InChI is InChI=1S/C11H19N3O4/c1-4-8(15)7-14-9(5-6-17-2)10(12-13-14)11(16)18-3/h8,15H,4-7H2,1-3H3. The number of aliphatic hydroxyl groups excluding tert-OH is 1. The molecule has 0 aliphatic heterocycles. The lowest BCUT2D eigenvalue weighted by atomic mass is 10.2. The molecule has 0 spiro atoms. The SMILES string of the molecule is CCC(O)Cn1nnc(C(=O)OC)c1CCOC. The fourth-order valence-electron chi connectivity index (χ4n) is 1.51. The van der Waals surface area contributed by atoms with Gasteiger partial charge < -0.3 is 14.6 Å². The Morgan fingerprint density at radius 2 is 2.22 bits per heavy atom. The van der Waals surface area contributed by atoms with Crippen LogP contribution in [0.5, 0.6) is 0 Å². The van der Waals surface area contributed by atoms with E-state index >= 15 is 0 Å². The van der Waals surface area contributed by atoms with Gasteiger partial charge in [0.2, 0.25) is 0 Å². The maximum Gasteiger partial charge on any atom is 0.360 e. The third kappa shape index (κ3) is 3.51. The minimum absolute atomic E-state index is 0.179. The lowest BCUT2D eigenvalue weighted by molar-refractivity contribution is 0.0591. The number of nitrogens with zero attached hydrogens (tertiary/aromatic N) is 3. The summed E-state index contributed by atoms with van der Waals surface area (Å²) in [7, 11) is 2.87. The smallest absolute Gasteiger partial charge is 0.360 e. The second kappa shape index (κ2) is 7.07. The number of aromatic nitrogens is 3. The highest BCUT2D eigenvalue weighted by Crippen LogP contribution is 2.10. The van der Waals surface area contributed by atoms with Gasteiger partial charge in [0.1, 0.15) is 0 Å². The van der Waals surface area contributed by atoms with Gasteiger partial charge in [0.15, 0.2) is 5.69 Å². The van der Waals surface area contributed by atoms with Crippen LogP contribution in [-0.2, 0) is 22.4 Å². The Labute approximate surface area is 106 Å². The van der Waals surface area contributed by atoms with Crippen LogP contribution in [0, 0.1) is 0 Å².